The van der Waals surface area contributed by atoms with Crippen LogP contribution in [0.25, 0.3) is 10.9 Å². The maximum absolute atomic E-state index is 4.58. The van der Waals surface area contributed by atoms with Gasteiger partial charge >= 0.3 is 0 Å². The van der Waals surface area contributed by atoms with E-state index in [0.717, 1.165) is 44.8 Å². The molecule has 0 unspecified atom stereocenters. The monoisotopic (exact) mass is 323 g/mol. The molecule has 2 aromatic heterocycles. The predicted molar refractivity (Wildman–Crippen MR) is 96.6 cm³/mol. The summed E-state index contributed by atoms with van der Waals surface area (Å²) in [5.74, 6) is 0. The highest BCUT2D eigenvalue weighted by Crippen LogP contribution is 2.19. The number of fused-ring (bicyclic) bond motifs is 1. The standard InChI is InChI=1S/C19H21N3S/c1-4-16-6-2-8-20-19(16)17(5-1)14-21-9-11-22(12-10-21)15-18-7-3-13-23-18/h1-8,13H,9-12,14-15H2. The third-order valence-corrected chi connectivity index (χ3v) is 5.40. The van der Waals surface area contributed by atoms with Crippen LogP contribution in [0.4, 0.5) is 0 Å². The lowest BCUT2D eigenvalue weighted by Crippen LogP contribution is -2.45. The van der Waals surface area contributed by atoms with E-state index in [2.05, 4.69) is 56.6 Å². The molecule has 0 bridgehead atoms. The van der Waals surface area contributed by atoms with Crippen LogP contribution in [-0.2, 0) is 13.1 Å². The molecular weight excluding hydrogens is 302 g/mol. The van der Waals surface area contributed by atoms with Gasteiger partial charge in [0.2, 0.25) is 0 Å². The second-order valence-corrected chi connectivity index (χ2v) is 7.16. The molecule has 4 heteroatoms. The van der Waals surface area contributed by atoms with Crippen LogP contribution in [0.3, 0.4) is 0 Å². The van der Waals surface area contributed by atoms with Crippen molar-refractivity contribution in [3.63, 3.8) is 0 Å². The zero-order chi connectivity index (χ0) is 15.5. The molecule has 0 saturated carbocycles. The molecule has 1 fully saturated rings. The van der Waals surface area contributed by atoms with E-state index in [1.165, 1.54) is 15.8 Å². The molecule has 1 saturated heterocycles. The summed E-state index contributed by atoms with van der Waals surface area (Å²) in [6.45, 7) is 6.66. The second-order valence-electron chi connectivity index (χ2n) is 6.12. The summed E-state index contributed by atoms with van der Waals surface area (Å²) < 4.78 is 0. The number of benzene rings is 1. The summed E-state index contributed by atoms with van der Waals surface area (Å²) in [4.78, 5) is 11.2. The Hall–Kier alpha value is -1.75. The second kappa shape index (κ2) is 6.79. The number of pyridine rings is 1. The fourth-order valence-corrected chi connectivity index (χ4v) is 4.01. The summed E-state index contributed by atoms with van der Waals surface area (Å²) in [5.41, 5.74) is 2.49. The van der Waals surface area contributed by atoms with Gasteiger partial charge in [-0.05, 0) is 23.1 Å². The number of hydrogen-bond donors (Lipinski definition) is 0. The van der Waals surface area contributed by atoms with Crippen LogP contribution >= 0.6 is 11.3 Å². The molecule has 3 aromatic rings. The van der Waals surface area contributed by atoms with E-state index in [4.69, 9.17) is 0 Å². The Labute approximate surface area is 141 Å². The zero-order valence-corrected chi connectivity index (χ0v) is 14.0. The lowest BCUT2D eigenvalue weighted by Gasteiger charge is -2.34. The van der Waals surface area contributed by atoms with Crippen LogP contribution in [-0.4, -0.2) is 41.0 Å². The average Bonchev–Trinajstić information content (AvgIpc) is 3.10. The molecule has 1 aromatic carbocycles. The molecule has 0 aliphatic carbocycles. The van der Waals surface area contributed by atoms with Gasteiger partial charge in [0.1, 0.15) is 0 Å². The molecule has 1 aliphatic heterocycles. The van der Waals surface area contributed by atoms with Crippen molar-refractivity contribution in [2.45, 2.75) is 13.1 Å². The Morgan fingerprint density at radius 2 is 1.65 bits per heavy atom. The minimum atomic E-state index is 1.00. The fraction of sp³-hybridized carbons (Fsp3) is 0.316. The first-order valence-corrected chi connectivity index (χ1v) is 9.06. The van der Waals surface area contributed by atoms with Crippen LogP contribution < -0.4 is 0 Å². The summed E-state index contributed by atoms with van der Waals surface area (Å²) in [5, 5.41) is 3.40. The van der Waals surface area contributed by atoms with Crippen molar-refractivity contribution in [3.05, 3.63) is 64.5 Å². The van der Waals surface area contributed by atoms with Gasteiger partial charge in [0.25, 0.3) is 0 Å². The molecule has 0 amide bonds. The summed E-state index contributed by atoms with van der Waals surface area (Å²) in [7, 11) is 0. The van der Waals surface area contributed by atoms with Crippen LogP contribution in [0, 0.1) is 0 Å². The van der Waals surface area contributed by atoms with Gasteiger partial charge in [0, 0.05) is 55.7 Å². The van der Waals surface area contributed by atoms with Crippen molar-refractivity contribution in [2.24, 2.45) is 0 Å². The molecule has 0 atom stereocenters. The van der Waals surface area contributed by atoms with Gasteiger partial charge in [-0.3, -0.25) is 14.8 Å². The first kappa shape index (κ1) is 14.8. The number of para-hydroxylation sites is 1. The third-order valence-electron chi connectivity index (χ3n) is 4.53. The maximum Gasteiger partial charge on any atom is 0.0746 e. The molecule has 0 N–H and O–H groups in total. The number of hydrogen-bond acceptors (Lipinski definition) is 4. The first-order chi connectivity index (χ1) is 11.4. The highest BCUT2D eigenvalue weighted by atomic mass is 32.1. The van der Waals surface area contributed by atoms with Crippen molar-refractivity contribution in [2.75, 3.05) is 26.2 Å². The van der Waals surface area contributed by atoms with Crippen LogP contribution in [0.1, 0.15) is 10.4 Å². The zero-order valence-electron chi connectivity index (χ0n) is 13.2. The molecule has 4 rings (SSSR count). The average molecular weight is 323 g/mol. The normalized spacial score (nSPS) is 16.9. The SMILES string of the molecule is c1csc(CN2CCN(Cc3cccc4cccnc34)CC2)c1. The van der Waals surface area contributed by atoms with Gasteiger partial charge in [-0.2, -0.15) is 0 Å². The van der Waals surface area contributed by atoms with Gasteiger partial charge in [0.05, 0.1) is 5.52 Å². The Kier molecular flexibility index (Phi) is 4.37. The number of nitrogens with zero attached hydrogens (tertiary/aromatic N) is 3. The summed E-state index contributed by atoms with van der Waals surface area (Å²) >= 11 is 1.86. The van der Waals surface area contributed by atoms with E-state index in [-0.39, 0.29) is 0 Å². The van der Waals surface area contributed by atoms with Gasteiger partial charge in [-0.1, -0.05) is 30.3 Å². The van der Waals surface area contributed by atoms with Crippen molar-refractivity contribution >= 4 is 22.2 Å². The first-order valence-electron chi connectivity index (χ1n) is 8.18. The van der Waals surface area contributed by atoms with Crippen LogP contribution in [0.2, 0.25) is 0 Å². The van der Waals surface area contributed by atoms with E-state index in [1.54, 1.807) is 0 Å². The molecule has 23 heavy (non-hydrogen) atoms. The smallest absolute Gasteiger partial charge is 0.0746 e. The van der Waals surface area contributed by atoms with Gasteiger partial charge < -0.3 is 0 Å². The molecular formula is C19H21N3S. The summed E-state index contributed by atoms with van der Waals surface area (Å²) in [6.07, 6.45) is 1.89. The summed E-state index contributed by atoms with van der Waals surface area (Å²) in [6, 6.07) is 15.0. The maximum atomic E-state index is 4.58. The van der Waals surface area contributed by atoms with Crippen molar-refractivity contribution in [3.8, 4) is 0 Å². The van der Waals surface area contributed by atoms with E-state index in [9.17, 15) is 0 Å². The van der Waals surface area contributed by atoms with Crippen LogP contribution in [0.5, 0.6) is 0 Å². The highest BCUT2D eigenvalue weighted by molar-refractivity contribution is 7.09. The minimum Gasteiger partial charge on any atom is -0.296 e. The topological polar surface area (TPSA) is 19.4 Å². The molecule has 3 heterocycles. The largest absolute Gasteiger partial charge is 0.296 e. The van der Waals surface area contributed by atoms with Crippen LogP contribution in [0.15, 0.2) is 54.0 Å². The number of piperazine rings is 1. The van der Waals surface area contributed by atoms with Gasteiger partial charge in [-0.15, -0.1) is 11.3 Å². The molecule has 0 spiro atoms. The Morgan fingerprint density at radius 1 is 0.870 bits per heavy atom. The lowest BCUT2D eigenvalue weighted by molar-refractivity contribution is 0.123. The molecule has 0 radical (unpaired) electrons. The highest BCUT2D eigenvalue weighted by Gasteiger charge is 2.18. The lowest BCUT2D eigenvalue weighted by atomic mass is 10.1. The van der Waals surface area contributed by atoms with Gasteiger partial charge in [0.15, 0.2) is 0 Å². The van der Waals surface area contributed by atoms with Crippen molar-refractivity contribution in [1.82, 2.24) is 14.8 Å². The van der Waals surface area contributed by atoms with E-state index in [1.807, 2.05) is 23.6 Å². The third kappa shape index (κ3) is 3.44. The number of aromatic nitrogens is 1. The predicted octanol–water partition coefficient (Wildman–Crippen LogP) is 3.61. The molecule has 3 nitrogen and oxygen atoms in total. The van der Waals surface area contributed by atoms with E-state index in [0.29, 0.717) is 0 Å². The van der Waals surface area contributed by atoms with E-state index >= 15 is 0 Å². The van der Waals surface area contributed by atoms with Gasteiger partial charge in [-0.25, -0.2) is 0 Å². The Morgan fingerprint density at radius 3 is 2.43 bits per heavy atom. The number of rotatable bonds is 4. The molecule has 118 valence electrons. The quantitative estimate of drug-likeness (QED) is 0.731. The van der Waals surface area contributed by atoms with E-state index < -0.39 is 0 Å². The molecule has 1 aliphatic rings. The van der Waals surface area contributed by atoms with Crippen molar-refractivity contribution in [1.29, 1.82) is 0 Å². The van der Waals surface area contributed by atoms with Crippen molar-refractivity contribution < 1.29 is 0 Å². The fourth-order valence-electron chi connectivity index (χ4n) is 3.26. The Bertz CT molecular complexity index is 756. The number of thiophene rings is 1. The Balaban J connectivity index is 1.39. The minimum absolute atomic E-state index is 1.00.